The minimum atomic E-state index is 0.239. The lowest BCUT2D eigenvalue weighted by molar-refractivity contribution is 0.270. The molecular formula is C7H14BrNO. The SMILES string of the molecule is C=C(Br)CNC(C)CCO. The third-order valence-corrected chi connectivity index (χ3v) is 1.48. The Morgan fingerprint density at radius 1 is 1.80 bits per heavy atom. The summed E-state index contributed by atoms with van der Waals surface area (Å²) in [5.74, 6) is 0. The highest BCUT2D eigenvalue weighted by Crippen LogP contribution is 1.98. The van der Waals surface area contributed by atoms with Crippen molar-refractivity contribution in [2.24, 2.45) is 0 Å². The number of nitrogens with one attached hydrogen (secondary N) is 1. The summed E-state index contributed by atoms with van der Waals surface area (Å²) in [5.41, 5.74) is 0. The second-order valence-electron chi connectivity index (χ2n) is 2.31. The number of rotatable bonds is 5. The average Bonchev–Trinajstić information content (AvgIpc) is 1.85. The van der Waals surface area contributed by atoms with E-state index in [0.29, 0.717) is 6.04 Å². The van der Waals surface area contributed by atoms with Crippen LogP contribution >= 0.6 is 15.9 Å². The molecule has 0 aromatic heterocycles. The Bertz CT molecular complexity index is 106. The van der Waals surface area contributed by atoms with Crippen molar-refractivity contribution >= 4 is 15.9 Å². The Hall–Kier alpha value is 0.140. The van der Waals surface area contributed by atoms with Gasteiger partial charge in [-0.25, -0.2) is 0 Å². The molecule has 0 spiro atoms. The van der Waals surface area contributed by atoms with Crippen LogP contribution in [-0.2, 0) is 0 Å². The summed E-state index contributed by atoms with van der Waals surface area (Å²) >= 11 is 3.23. The smallest absolute Gasteiger partial charge is 0.0445 e. The average molecular weight is 208 g/mol. The second-order valence-corrected chi connectivity index (χ2v) is 3.43. The number of hydrogen-bond acceptors (Lipinski definition) is 2. The first-order valence-corrected chi connectivity index (χ1v) is 4.13. The zero-order valence-electron chi connectivity index (χ0n) is 6.23. The van der Waals surface area contributed by atoms with Gasteiger partial charge in [0.05, 0.1) is 0 Å². The van der Waals surface area contributed by atoms with Gasteiger partial charge in [-0.05, 0) is 13.3 Å². The van der Waals surface area contributed by atoms with Crippen LogP contribution in [0.4, 0.5) is 0 Å². The van der Waals surface area contributed by atoms with E-state index in [9.17, 15) is 0 Å². The topological polar surface area (TPSA) is 32.3 Å². The number of halogens is 1. The predicted octanol–water partition coefficient (Wildman–Crippen LogP) is 1.26. The lowest BCUT2D eigenvalue weighted by atomic mass is 10.2. The Kier molecular flexibility index (Phi) is 5.97. The maximum absolute atomic E-state index is 8.53. The van der Waals surface area contributed by atoms with Crippen LogP contribution in [0.2, 0.25) is 0 Å². The zero-order valence-corrected chi connectivity index (χ0v) is 7.82. The van der Waals surface area contributed by atoms with E-state index in [4.69, 9.17) is 5.11 Å². The monoisotopic (exact) mass is 207 g/mol. The third kappa shape index (κ3) is 6.26. The van der Waals surface area contributed by atoms with Crippen LogP contribution in [0.3, 0.4) is 0 Å². The van der Waals surface area contributed by atoms with Crippen LogP contribution in [0.5, 0.6) is 0 Å². The van der Waals surface area contributed by atoms with Gasteiger partial charge in [0.2, 0.25) is 0 Å². The van der Waals surface area contributed by atoms with Gasteiger partial charge in [-0.2, -0.15) is 0 Å². The van der Waals surface area contributed by atoms with E-state index in [2.05, 4.69) is 27.8 Å². The van der Waals surface area contributed by atoms with Crippen molar-refractivity contribution in [1.82, 2.24) is 5.32 Å². The first-order valence-electron chi connectivity index (χ1n) is 3.34. The minimum absolute atomic E-state index is 0.239. The van der Waals surface area contributed by atoms with Crippen LogP contribution in [0.1, 0.15) is 13.3 Å². The normalized spacial score (nSPS) is 13.1. The lowest BCUT2D eigenvalue weighted by Gasteiger charge is -2.10. The molecule has 0 rings (SSSR count). The summed E-state index contributed by atoms with van der Waals surface area (Å²) in [7, 11) is 0. The molecule has 1 unspecified atom stereocenters. The summed E-state index contributed by atoms with van der Waals surface area (Å²) in [5, 5.41) is 11.7. The van der Waals surface area contributed by atoms with E-state index in [0.717, 1.165) is 17.4 Å². The van der Waals surface area contributed by atoms with Gasteiger partial charge in [0, 0.05) is 23.7 Å². The lowest BCUT2D eigenvalue weighted by Crippen LogP contribution is -2.27. The van der Waals surface area contributed by atoms with Crippen molar-refractivity contribution in [3.8, 4) is 0 Å². The Morgan fingerprint density at radius 3 is 2.80 bits per heavy atom. The van der Waals surface area contributed by atoms with E-state index in [1.165, 1.54) is 0 Å². The van der Waals surface area contributed by atoms with Gasteiger partial charge in [0.15, 0.2) is 0 Å². The molecule has 0 saturated heterocycles. The molecule has 0 aromatic rings. The van der Waals surface area contributed by atoms with E-state index >= 15 is 0 Å². The molecule has 0 aliphatic carbocycles. The molecule has 0 aliphatic heterocycles. The Balaban J connectivity index is 3.21. The summed E-state index contributed by atoms with van der Waals surface area (Å²) < 4.78 is 0.942. The van der Waals surface area contributed by atoms with Gasteiger partial charge in [-0.1, -0.05) is 22.5 Å². The van der Waals surface area contributed by atoms with Gasteiger partial charge in [-0.3, -0.25) is 0 Å². The van der Waals surface area contributed by atoms with Gasteiger partial charge in [0.1, 0.15) is 0 Å². The summed E-state index contributed by atoms with van der Waals surface area (Å²) in [6, 6.07) is 0.360. The van der Waals surface area contributed by atoms with Gasteiger partial charge in [-0.15, -0.1) is 0 Å². The largest absolute Gasteiger partial charge is 0.396 e. The van der Waals surface area contributed by atoms with E-state index in [1.807, 2.05) is 6.92 Å². The molecule has 3 heteroatoms. The van der Waals surface area contributed by atoms with E-state index in [1.54, 1.807) is 0 Å². The predicted molar refractivity (Wildman–Crippen MR) is 47.2 cm³/mol. The number of aliphatic hydroxyl groups is 1. The molecule has 0 fully saturated rings. The molecule has 0 saturated carbocycles. The van der Waals surface area contributed by atoms with Crippen LogP contribution < -0.4 is 5.32 Å². The first kappa shape index (κ1) is 10.1. The van der Waals surface area contributed by atoms with Gasteiger partial charge in [0.25, 0.3) is 0 Å². The highest BCUT2D eigenvalue weighted by Gasteiger charge is 1.98. The minimum Gasteiger partial charge on any atom is -0.396 e. The molecular weight excluding hydrogens is 194 g/mol. The molecule has 0 aliphatic rings. The fourth-order valence-corrected chi connectivity index (χ4v) is 0.743. The van der Waals surface area contributed by atoms with Crippen molar-refractivity contribution < 1.29 is 5.11 Å². The van der Waals surface area contributed by atoms with E-state index in [-0.39, 0.29) is 6.61 Å². The van der Waals surface area contributed by atoms with Crippen LogP contribution in [-0.4, -0.2) is 24.3 Å². The van der Waals surface area contributed by atoms with E-state index < -0.39 is 0 Å². The Labute approximate surface area is 70.5 Å². The van der Waals surface area contributed by atoms with Gasteiger partial charge < -0.3 is 10.4 Å². The summed E-state index contributed by atoms with van der Waals surface area (Å²) in [4.78, 5) is 0. The van der Waals surface area contributed by atoms with Crippen molar-refractivity contribution in [3.63, 3.8) is 0 Å². The summed E-state index contributed by atoms with van der Waals surface area (Å²) in [6.07, 6.45) is 0.792. The van der Waals surface area contributed by atoms with Gasteiger partial charge >= 0.3 is 0 Å². The van der Waals surface area contributed by atoms with Crippen LogP contribution in [0, 0.1) is 0 Å². The fourth-order valence-electron chi connectivity index (χ4n) is 0.581. The van der Waals surface area contributed by atoms with Crippen LogP contribution in [0.25, 0.3) is 0 Å². The molecule has 0 heterocycles. The zero-order chi connectivity index (χ0) is 7.98. The van der Waals surface area contributed by atoms with Crippen molar-refractivity contribution in [2.75, 3.05) is 13.2 Å². The fraction of sp³-hybridized carbons (Fsp3) is 0.714. The van der Waals surface area contributed by atoms with Crippen molar-refractivity contribution in [1.29, 1.82) is 0 Å². The quantitative estimate of drug-likeness (QED) is 0.712. The number of aliphatic hydroxyl groups excluding tert-OH is 1. The molecule has 1 atom stereocenters. The third-order valence-electron chi connectivity index (χ3n) is 1.20. The first-order chi connectivity index (χ1) is 4.66. The standard InChI is InChI=1S/C7H14BrNO/c1-6(8)5-9-7(2)3-4-10/h7,9-10H,1,3-5H2,2H3. The second kappa shape index (κ2) is 5.89. The van der Waals surface area contributed by atoms with Crippen molar-refractivity contribution in [3.05, 3.63) is 11.1 Å². The number of hydrogen-bond donors (Lipinski definition) is 2. The molecule has 2 N–H and O–H groups in total. The van der Waals surface area contributed by atoms with Crippen LogP contribution in [0.15, 0.2) is 11.1 Å². The van der Waals surface area contributed by atoms with Crippen molar-refractivity contribution in [2.45, 2.75) is 19.4 Å². The molecule has 60 valence electrons. The molecule has 0 radical (unpaired) electrons. The molecule has 10 heavy (non-hydrogen) atoms. The molecule has 0 bridgehead atoms. The Morgan fingerprint density at radius 2 is 2.40 bits per heavy atom. The molecule has 0 amide bonds. The molecule has 2 nitrogen and oxygen atoms in total. The highest BCUT2D eigenvalue weighted by atomic mass is 79.9. The maximum atomic E-state index is 8.53. The summed E-state index contributed by atoms with van der Waals surface area (Å²) in [6.45, 7) is 6.72. The maximum Gasteiger partial charge on any atom is 0.0445 e. The molecule has 0 aromatic carbocycles. The highest BCUT2D eigenvalue weighted by molar-refractivity contribution is 9.11.